The summed E-state index contributed by atoms with van der Waals surface area (Å²) in [7, 11) is -0.165. The molecule has 4 heteroatoms. The van der Waals surface area contributed by atoms with Crippen molar-refractivity contribution in [2.75, 3.05) is 7.11 Å². The zero-order valence-electron chi connectivity index (χ0n) is 22.7. The van der Waals surface area contributed by atoms with Crippen molar-refractivity contribution in [1.29, 1.82) is 0 Å². The number of allylic oxidation sites excluding steroid dienone is 2. The van der Waals surface area contributed by atoms with Crippen LogP contribution < -0.4 is 0 Å². The predicted octanol–water partition coefficient (Wildman–Crippen LogP) is 7.83. The topological polar surface area (TPSA) is 35.5 Å². The third-order valence-corrected chi connectivity index (χ3v) is 11.6. The van der Waals surface area contributed by atoms with E-state index in [4.69, 9.17) is 9.16 Å². The zero-order valence-corrected chi connectivity index (χ0v) is 23.7. The Morgan fingerprint density at radius 1 is 1.09 bits per heavy atom. The first-order chi connectivity index (χ1) is 15.4. The van der Waals surface area contributed by atoms with Gasteiger partial charge in [0.2, 0.25) is 8.32 Å². The third-order valence-electron chi connectivity index (χ3n) is 10.7. The molecule has 0 aliphatic heterocycles. The van der Waals surface area contributed by atoms with Crippen LogP contribution in [0.25, 0.3) is 0 Å². The third kappa shape index (κ3) is 4.59. The standard InChI is InChI=1S/C29H50O3Si/c1-19-13-15-28(3)21(17-19)18-25(32-33(6,7)8)27-23-11-10-22(20(2)9-12-26(30)31-5)29(23,4)16-14-24(27)28/h18-24,27H,9-17H2,1-8H3/t19-,20-,21+,22-,23?,24?,27?,28+,29-/m1/s1. The Labute approximate surface area is 204 Å². The zero-order chi connectivity index (χ0) is 24.2. The lowest BCUT2D eigenvalue weighted by molar-refractivity contribution is -0.141. The largest absolute Gasteiger partial charge is 0.547 e. The van der Waals surface area contributed by atoms with Gasteiger partial charge < -0.3 is 9.16 Å². The van der Waals surface area contributed by atoms with Gasteiger partial charge in [-0.2, -0.15) is 0 Å². The Morgan fingerprint density at radius 3 is 2.42 bits per heavy atom. The fourth-order valence-electron chi connectivity index (χ4n) is 8.95. The van der Waals surface area contributed by atoms with E-state index in [9.17, 15) is 4.79 Å². The number of carbonyl (C=O) groups excluding carboxylic acids is 1. The van der Waals surface area contributed by atoms with Crippen molar-refractivity contribution in [1.82, 2.24) is 0 Å². The highest BCUT2D eigenvalue weighted by Crippen LogP contribution is 2.68. The van der Waals surface area contributed by atoms with Crippen molar-refractivity contribution >= 4 is 14.3 Å². The fourth-order valence-corrected chi connectivity index (χ4v) is 9.86. The summed E-state index contributed by atoms with van der Waals surface area (Å²) in [4.78, 5) is 11.8. The Hall–Kier alpha value is -0.773. The van der Waals surface area contributed by atoms with Crippen LogP contribution in [0.4, 0.5) is 0 Å². The minimum absolute atomic E-state index is 0.0585. The van der Waals surface area contributed by atoms with Crippen LogP contribution in [0.1, 0.15) is 85.5 Å². The van der Waals surface area contributed by atoms with Gasteiger partial charge in [0.1, 0.15) is 0 Å². The van der Waals surface area contributed by atoms with Gasteiger partial charge in [0, 0.05) is 12.3 Å². The van der Waals surface area contributed by atoms with E-state index in [1.807, 2.05) is 0 Å². The molecule has 0 saturated heterocycles. The number of carbonyl (C=O) groups is 1. The van der Waals surface area contributed by atoms with Gasteiger partial charge in [0.25, 0.3) is 0 Å². The molecule has 0 aromatic rings. The number of methoxy groups -OCH3 is 1. The molecule has 3 fully saturated rings. The monoisotopic (exact) mass is 474 g/mol. The van der Waals surface area contributed by atoms with Crippen LogP contribution in [0.5, 0.6) is 0 Å². The van der Waals surface area contributed by atoms with Crippen molar-refractivity contribution in [2.24, 2.45) is 52.3 Å². The van der Waals surface area contributed by atoms with Crippen molar-refractivity contribution in [2.45, 2.75) is 105 Å². The van der Waals surface area contributed by atoms with E-state index in [2.05, 4.69) is 53.4 Å². The smallest absolute Gasteiger partial charge is 0.305 e. The predicted molar refractivity (Wildman–Crippen MR) is 138 cm³/mol. The van der Waals surface area contributed by atoms with Gasteiger partial charge in [-0.15, -0.1) is 0 Å². The minimum Gasteiger partial charge on any atom is -0.547 e. The number of hydrogen-bond acceptors (Lipinski definition) is 3. The second-order valence-electron chi connectivity index (χ2n) is 13.8. The molecule has 0 bridgehead atoms. The van der Waals surface area contributed by atoms with Crippen LogP contribution in [0.2, 0.25) is 19.6 Å². The Bertz CT molecular complexity index is 769. The van der Waals surface area contributed by atoms with Crippen LogP contribution in [0, 0.1) is 52.3 Å². The van der Waals surface area contributed by atoms with Gasteiger partial charge in [-0.25, -0.2) is 0 Å². The van der Waals surface area contributed by atoms with Crippen molar-refractivity contribution in [3.8, 4) is 0 Å². The molecule has 0 N–H and O–H groups in total. The molecule has 4 rings (SSSR count). The molecule has 3 saturated carbocycles. The second-order valence-corrected chi connectivity index (χ2v) is 18.3. The molecule has 4 aliphatic rings. The van der Waals surface area contributed by atoms with E-state index >= 15 is 0 Å². The molecule has 0 aromatic carbocycles. The number of rotatable bonds is 6. The van der Waals surface area contributed by atoms with Crippen molar-refractivity contribution in [3.05, 3.63) is 11.8 Å². The highest BCUT2D eigenvalue weighted by Gasteiger charge is 2.61. The van der Waals surface area contributed by atoms with E-state index in [0.29, 0.717) is 40.9 Å². The summed E-state index contributed by atoms with van der Waals surface area (Å²) < 4.78 is 11.9. The molecule has 4 aliphatic carbocycles. The van der Waals surface area contributed by atoms with Gasteiger partial charge in [0.15, 0.2) is 0 Å². The van der Waals surface area contributed by atoms with Crippen LogP contribution >= 0.6 is 0 Å². The summed E-state index contributed by atoms with van der Waals surface area (Å²) in [6.07, 6.45) is 13.6. The van der Waals surface area contributed by atoms with Crippen LogP contribution in [0.3, 0.4) is 0 Å². The molecule has 0 spiro atoms. The molecule has 0 aromatic heterocycles. The molecule has 188 valence electrons. The van der Waals surface area contributed by atoms with Crippen LogP contribution in [0.15, 0.2) is 11.8 Å². The first-order valence-corrected chi connectivity index (χ1v) is 17.3. The van der Waals surface area contributed by atoms with E-state index in [0.717, 1.165) is 24.2 Å². The van der Waals surface area contributed by atoms with E-state index in [1.165, 1.54) is 57.8 Å². The number of fused-ring (bicyclic) bond motifs is 5. The summed E-state index contributed by atoms with van der Waals surface area (Å²) in [5.74, 6) is 6.24. The van der Waals surface area contributed by atoms with Crippen molar-refractivity contribution in [3.63, 3.8) is 0 Å². The highest BCUT2D eigenvalue weighted by atomic mass is 28.4. The lowest BCUT2D eigenvalue weighted by atomic mass is 9.45. The highest BCUT2D eigenvalue weighted by molar-refractivity contribution is 6.70. The average Bonchev–Trinajstić information content (AvgIpc) is 3.09. The van der Waals surface area contributed by atoms with Crippen LogP contribution in [-0.2, 0) is 14.0 Å². The average molecular weight is 475 g/mol. The van der Waals surface area contributed by atoms with Gasteiger partial charge in [-0.05, 0) is 117 Å². The van der Waals surface area contributed by atoms with Crippen LogP contribution in [-0.4, -0.2) is 21.4 Å². The van der Waals surface area contributed by atoms with Gasteiger partial charge in [-0.1, -0.05) is 34.1 Å². The van der Waals surface area contributed by atoms with Gasteiger partial charge in [-0.3, -0.25) is 4.79 Å². The fraction of sp³-hybridized carbons (Fsp3) is 0.897. The summed E-state index contributed by atoms with van der Waals surface area (Å²) in [5, 5.41) is 0. The number of hydrogen-bond donors (Lipinski definition) is 0. The molecule has 0 amide bonds. The molecule has 9 atom stereocenters. The molecule has 0 heterocycles. The van der Waals surface area contributed by atoms with Crippen molar-refractivity contribution < 1.29 is 14.0 Å². The lowest BCUT2D eigenvalue weighted by Gasteiger charge is -2.60. The van der Waals surface area contributed by atoms with E-state index in [-0.39, 0.29) is 5.97 Å². The van der Waals surface area contributed by atoms with Gasteiger partial charge in [0.05, 0.1) is 12.9 Å². The maximum absolute atomic E-state index is 11.8. The summed E-state index contributed by atoms with van der Waals surface area (Å²) >= 11 is 0. The first kappa shape index (κ1) is 25.3. The molecule has 0 radical (unpaired) electrons. The number of esters is 1. The summed E-state index contributed by atoms with van der Waals surface area (Å²) in [6.45, 7) is 17.1. The Kier molecular flexibility index (Phi) is 6.93. The normalized spacial score (nSPS) is 43.6. The SMILES string of the molecule is COC(=O)CC[C@@H](C)[C@H]1CCC2C3C(O[Si](C)(C)C)=C[C@@H]4C[C@H](C)CC[C@]4(C)C3CC[C@@]21C. The molecule has 33 heavy (non-hydrogen) atoms. The maximum Gasteiger partial charge on any atom is 0.305 e. The first-order valence-electron chi connectivity index (χ1n) is 13.9. The molecule has 3 unspecified atom stereocenters. The molecular formula is C29H50O3Si. The maximum atomic E-state index is 11.8. The Morgan fingerprint density at radius 2 is 1.76 bits per heavy atom. The number of ether oxygens (including phenoxy) is 1. The summed E-state index contributed by atoms with van der Waals surface area (Å²) in [6, 6.07) is 0. The second kappa shape index (κ2) is 9.02. The lowest BCUT2D eigenvalue weighted by Crippen LogP contribution is -2.54. The summed E-state index contributed by atoms with van der Waals surface area (Å²) in [5.41, 5.74) is 0.809. The Balaban J connectivity index is 1.64. The van der Waals surface area contributed by atoms with E-state index in [1.54, 1.807) is 0 Å². The van der Waals surface area contributed by atoms with E-state index < -0.39 is 8.32 Å². The molecular weight excluding hydrogens is 424 g/mol. The quantitative estimate of drug-likeness (QED) is 0.291. The van der Waals surface area contributed by atoms with Gasteiger partial charge >= 0.3 is 5.97 Å². The minimum atomic E-state index is -1.68. The molecule has 3 nitrogen and oxygen atoms in total.